The molecule has 1 N–H and O–H groups in total. The third kappa shape index (κ3) is 1.99. The van der Waals surface area contributed by atoms with Gasteiger partial charge in [-0.25, -0.2) is 8.78 Å². The van der Waals surface area contributed by atoms with Gasteiger partial charge in [0.2, 0.25) is 0 Å². The average Bonchev–Trinajstić information content (AvgIpc) is 2.36. The molecule has 0 aliphatic heterocycles. The fourth-order valence-electron chi connectivity index (χ4n) is 2.59. The van der Waals surface area contributed by atoms with Gasteiger partial charge in [-0.2, -0.15) is 0 Å². The molecule has 19 heavy (non-hydrogen) atoms. The highest BCUT2D eigenvalue weighted by atomic mass is 79.9. The average molecular weight is 325 g/mol. The van der Waals surface area contributed by atoms with Crippen molar-refractivity contribution in [2.24, 2.45) is 0 Å². The van der Waals surface area contributed by atoms with Crippen molar-refractivity contribution in [3.63, 3.8) is 0 Å². The molecular formula is C15H11BrF2O. The zero-order valence-corrected chi connectivity index (χ0v) is 11.5. The van der Waals surface area contributed by atoms with E-state index in [1.807, 2.05) is 24.3 Å². The summed E-state index contributed by atoms with van der Waals surface area (Å²) in [4.78, 5) is 0. The molecule has 2 aromatic carbocycles. The van der Waals surface area contributed by atoms with Gasteiger partial charge in [0.1, 0.15) is 11.6 Å². The molecule has 1 aliphatic carbocycles. The van der Waals surface area contributed by atoms with Crippen LogP contribution in [-0.4, -0.2) is 5.11 Å². The molecule has 98 valence electrons. The SMILES string of the molecule is OC(c1c(F)ccc(Br)c1F)C1Cc2ccccc21. The summed E-state index contributed by atoms with van der Waals surface area (Å²) in [7, 11) is 0. The third-order valence-electron chi connectivity index (χ3n) is 3.65. The summed E-state index contributed by atoms with van der Waals surface area (Å²) < 4.78 is 27.9. The van der Waals surface area contributed by atoms with Gasteiger partial charge < -0.3 is 5.11 Å². The van der Waals surface area contributed by atoms with Gasteiger partial charge in [-0.1, -0.05) is 24.3 Å². The van der Waals surface area contributed by atoms with E-state index in [1.165, 1.54) is 6.07 Å². The van der Waals surface area contributed by atoms with Crippen LogP contribution < -0.4 is 0 Å². The van der Waals surface area contributed by atoms with E-state index in [0.717, 1.165) is 17.2 Å². The summed E-state index contributed by atoms with van der Waals surface area (Å²) in [5.74, 6) is -1.68. The number of fused-ring (bicyclic) bond motifs is 1. The van der Waals surface area contributed by atoms with E-state index < -0.39 is 17.7 Å². The molecule has 2 atom stereocenters. The van der Waals surface area contributed by atoms with Crippen LogP contribution in [0.2, 0.25) is 0 Å². The lowest BCUT2D eigenvalue weighted by Crippen LogP contribution is -2.25. The summed E-state index contributed by atoms with van der Waals surface area (Å²) >= 11 is 3.02. The number of benzene rings is 2. The molecule has 0 saturated carbocycles. The van der Waals surface area contributed by atoms with E-state index in [2.05, 4.69) is 15.9 Å². The van der Waals surface area contributed by atoms with E-state index in [-0.39, 0.29) is 16.0 Å². The second kappa shape index (κ2) is 4.69. The molecule has 0 amide bonds. The molecule has 0 fully saturated rings. The molecule has 1 nitrogen and oxygen atoms in total. The van der Waals surface area contributed by atoms with Gasteiger partial charge >= 0.3 is 0 Å². The van der Waals surface area contributed by atoms with Crippen molar-refractivity contribution >= 4 is 15.9 Å². The molecule has 0 bridgehead atoms. The normalized spacial score (nSPS) is 18.6. The van der Waals surface area contributed by atoms with Crippen molar-refractivity contribution in [1.29, 1.82) is 0 Å². The van der Waals surface area contributed by atoms with Crippen LogP contribution in [0.5, 0.6) is 0 Å². The van der Waals surface area contributed by atoms with E-state index in [1.54, 1.807) is 0 Å². The van der Waals surface area contributed by atoms with Crippen molar-refractivity contribution in [3.05, 3.63) is 69.2 Å². The second-order valence-electron chi connectivity index (χ2n) is 4.71. The first kappa shape index (κ1) is 12.8. The Morgan fingerprint density at radius 1 is 1.16 bits per heavy atom. The van der Waals surface area contributed by atoms with Crippen LogP contribution in [0.4, 0.5) is 8.78 Å². The largest absolute Gasteiger partial charge is 0.388 e. The van der Waals surface area contributed by atoms with Crippen LogP contribution in [0.3, 0.4) is 0 Å². The standard InChI is InChI=1S/C15H11BrF2O/c16-11-5-6-12(17)13(14(11)18)15(19)10-7-8-3-1-2-4-9(8)10/h1-6,10,15,19H,7H2. The maximum absolute atomic E-state index is 14.0. The van der Waals surface area contributed by atoms with E-state index in [9.17, 15) is 13.9 Å². The van der Waals surface area contributed by atoms with Gasteiger partial charge in [-0.05, 0) is 45.6 Å². The Bertz CT molecular complexity index is 642. The highest BCUT2D eigenvalue weighted by Crippen LogP contribution is 2.45. The van der Waals surface area contributed by atoms with E-state index in [4.69, 9.17) is 0 Å². The summed E-state index contributed by atoms with van der Waals surface area (Å²) in [6.07, 6.45) is -0.518. The van der Waals surface area contributed by atoms with E-state index >= 15 is 0 Å². The predicted molar refractivity (Wildman–Crippen MR) is 71.9 cm³/mol. The van der Waals surface area contributed by atoms with Gasteiger partial charge in [0.15, 0.2) is 0 Å². The molecule has 3 rings (SSSR count). The Balaban J connectivity index is 1.99. The monoisotopic (exact) mass is 324 g/mol. The summed E-state index contributed by atoms with van der Waals surface area (Å²) in [5, 5.41) is 10.3. The lowest BCUT2D eigenvalue weighted by molar-refractivity contribution is 0.126. The number of aliphatic hydroxyl groups excluding tert-OH is 1. The fraction of sp³-hybridized carbons (Fsp3) is 0.200. The zero-order chi connectivity index (χ0) is 13.6. The molecular weight excluding hydrogens is 314 g/mol. The maximum atomic E-state index is 14.0. The molecule has 0 aromatic heterocycles. The molecule has 1 aliphatic rings. The molecule has 2 aromatic rings. The van der Waals surface area contributed by atoms with Crippen LogP contribution in [0.25, 0.3) is 0 Å². The van der Waals surface area contributed by atoms with Crippen LogP contribution >= 0.6 is 15.9 Å². The first-order valence-electron chi connectivity index (χ1n) is 5.99. The molecule has 0 saturated heterocycles. The highest BCUT2D eigenvalue weighted by Gasteiger charge is 2.35. The molecule has 0 spiro atoms. The fourth-order valence-corrected chi connectivity index (χ4v) is 2.94. The van der Waals surface area contributed by atoms with Crippen molar-refractivity contribution in [2.45, 2.75) is 18.4 Å². The summed E-state index contributed by atoms with van der Waals surface area (Å²) in [6, 6.07) is 10.1. The Morgan fingerprint density at radius 2 is 1.89 bits per heavy atom. The number of hydrogen-bond donors (Lipinski definition) is 1. The molecule has 0 heterocycles. The van der Waals surface area contributed by atoms with Crippen molar-refractivity contribution in [1.82, 2.24) is 0 Å². The van der Waals surface area contributed by atoms with Crippen LogP contribution in [0.15, 0.2) is 40.9 Å². The van der Waals surface area contributed by atoms with Gasteiger partial charge in [-0.3, -0.25) is 0 Å². The molecule has 0 radical (unpaired) electrons. The topological polar surface area (TPSA) is 20.2 Å². The van der Waals surface area contributed by atoms with Crippen LogP contribution in [-0.2, 0) is 6.42 Å². The number of halogens is 3. The maximum Gasteiger partial charge on any atom is 0.146 e. The molecule has 4 heteroatoms. The number of rotatable bonds is 2. The minimum Gasteiger partial charge on any atom is -0.388 e. The lowest BCUT2D eigenvalue weighted by atomic mass is 9.73. The van der Waals surface area contributed by atoms with Crippen LogP contribution in [0, 0.1) is 11.6 Å². The van der Waals surface area contributed by atoms with Crippen molar-refractivity contribution in [2.75, 3.05) is 0 Å². The van der Waals surface area contributed by atoms with Gasteiger partial charge in [-0.15, -0.1) is 0 Å². The van der Waals surface area contributed by atoms with Gasteiger partial charge in [0, 0.05) is 5.92 Å². The Morgan fingerprint density at radius 3 is 2.63 bits per heavy atom. The summed E-state index contributed by atoms with van der Waals surface area (Å²) in [5.41, 5.74) is 1.84. The minimum absolute atomic E-state index is 0.163. The minimum atomic E-state index is -1.16. The van der Waals surface area contributed by atoms with Crippen LogP contribution in [0.1, 0.15) is 28.7 Å². The number of aliphatic hydroxyl groups is 1. The first-order valence-corrected chi connectivity index (χ1v) is 6.78. The van der Waals surface area contributed by atoms with E-state index in [0.29, 0.717) is 6.42 Å². The Kier molecular flexibility index (Phi) is 3.15. The summed E-state index contributed by atoms with van der Waals surface area (Å²) in [6.45, 7) is 0. The first-order chi connectivity index (χ1) is 9.09. The predicted octanol–water partition coefficient (Wildman–Crippen LogP) is 4.10. The van der Waals surface area contributed by atoms with Gasteiger partial charge in [0.05, 0.1) is 16.1 Å². The molecule has 2 unspecified atom stereocenters. The quantitative estimate of drug-likeness (QED) is 0.824. The Hall–Kier alpha value is -1.26. The third-order valence-corrected chi connectivity index (χ3v) is 4.26. The smallest absolute Gasteiger partial charge is 0.146 e. The lowest BCUT2D eigenvalue weighted by Gasteiger charge is -2.34. The Labute approximate surface area is 118 Å². The van der Waals surface area contributed by atoms with Gasteiger partial charge in [0.25, 0.3) is 0 Å². The zero-order valence-electron chi connectivity index (χ0n) is 9.91. The van der Waals surface area contributed by atoms with Crippen molar-refractivity contribution < 1.29 is 13.9 Å². The second-order valence-corrected chi connectivity index (χ2v) is 5.57. The van der Waals surface area contributed by atoms with Crippen molar-refractivity contribution in [3.8, 4) is 0 Å². The highest BCUT2D eigenvalue weighted by molar-refractivity contribution is 9.10. The number of hydrogen-bond acceptors (Lipinski definition) is 1.